The van der Waals surface area contributed by atoms with Gasteiger partial charge < -0.3 is 9.80 Å². The first-order chi connectivity index (χ1) is 8.25. The molecule has 3 heteroatoms. The quantitative estimate of drug-likeness (QED) is 0.731. The van der Waals surface area contributed by atoms with E-state index in [1.54, 1.807) is 0 Å². The number of likely N-dealkylation sites (tertiary alicyclic amines) is 1. The molecule has 0 unspecified atom stereocenters. The number of Topliss-reactive ketones (excluding diaryl/α,β-unsaturated/α-hetero) is 1. The van der Waals surface area contributed by atoms with Crippen LogP contribution in [0, 0.1) is 0 Å². The first-order valence-electron chi connectivity index (χ1n) is 7.20. The fraction of sp³-hybridized carbons (Fsp3) is 0.929. The van der Waals surface area contributed by atoms with Gasteiger partial charge in [0.25, 0.3) is 0 Å². The van der Waals surface area contributed by atoms with Crippen LogP contribution in [-0.4, -0.2) is 54.9 Å². The van der Waals surface area contributed by atoms with Crippen LogP contribution in [0.3, 0.4) is 0 Å². The van der Waals surface area contributed by atoms with Crippen LogP contribution in [-0.2, 0) is 4.79 Å². The number of rotatable bonds is 5. The molecular weight excluding hydrogens is 212 g/mol. The van der Waals surface area contributed by atoms with Gasteiger partial charge in [-0.05, 0) is 65.3 Å². The Morgan fingerprint density at radius 3 is 2.53 bits per heavy atom. The van der Waals surface area contributed by atoms with Gasteiger partial charge in [0.15, 0.2) is 0 Å². The second-order valence-corrected chi connectivity index (χ2v) is 5.65. The summed E-state index contributed by atoms with van der Waals surface area (Å²) in [6, 6.07) is 0.659. The molecule has 1 aliphatic carbocycles. The monoisotopic (exact) mass is 238 g/mol. The van der Waals surface area contributed by atoms with Crippen LogP contribution in [0.15, 0.2) is 0 Å². The van der Waals surface area contributed by atoms with E-state index in [0.29, 0.717) is 11.8 Å². The third-order valence-corrected chi connectivity index (χ3v) is 4.32. The lowest BCUT2D eigenvalue weighted by Gasteiger charge is -2.31. The first-order valence-corrected chi connectivity index (χ1v) is 7.20. The minimum absolute atomic E-state index is 0.465. The molecule has 0 spiro atoms. The maximum atomic E-state index is 11.2. The fourth-order valence-corrected chi connectivity index (χ4v) is 3.10. The predicted octanol–water partition coefficient (Wildman–Crippen LogP) is 1.92. The summed E-state index contributed by atoms with van der Waals surface area (Å²) >= 11 is 0. The largest absolute Gasteiger partial charge is 0.303 e. The lowest BCUT2D eigenvalue weighted by Crippen LogP contribution is -2.37. The minimum Gasteiger partial charge on any atom is -0.303 e. The van der Waals surface area contributed by atoms with Crippen molar-refractivity contribution in [1.82, 2.24) is 9.80 Å². The van der Waals surface area contributed by atoms with E-state index in [4.69, 9.17) is 0 Å². The van der Waals surface area contributed by atoms with E-state index in [1.807, 2.05) is 0 Å². The summed E-state index contributed by atoms with van der Waals surface area (Å²) in [5, 5.41) is 0. The zero-order valence-electron chi connectivity index (χ0n) is 11.2. The number of nitrogens with zero attached hydrogens (tertiary/aromatic N) is 2. The molecule has 0 aromatic heterocycles. The topological polar surface area (TPSA) is 23.6 Å². The molecule has 2 fully saturated rings. The van der Waals surface area contributed by atoms with Gasteiger partial charge in [-0.2, -0.15) is 0 Å². The lowest BCUT2D eigenvalue weighted by atomic mass is 9.93. The molecule has 0 atom stereocenters. The van der Waals surface area contributed by atoms with Gasteiger partial charge in [0.05, 0.1) is 0 Å². The van der Waals surface area contributed by atoms with Crippen LogP contribution in [0.4, 0.5) is 0 Å². The lowest BCUT2D eigenvalue weighted by molar-refractivity contribution is -0.121. The van der Waals surface area contributed by atoms with Crippen molar-refractivity contribution in [2.45, 2.75) is 51.0 Å². The molecule has 0 N–H and O–H groups in total. The normalized spacial score (nSPS) is 23.8. The summed E-state index contributed by atoms with van der Waals surface area (Å²) in [5.41, 5.74) is 0. The first kappa shape index (κ1) is 13.0. The summed E-state index contributed by atoms with van der Waals surface area (Å²) < 4.78 is 0. The van der Waals surface area contributed by atoms with Crippen LogP contribution < -0.4 is 0 Å². The summed E-state index contributed by atoms with van der Waals surface area (Å²) in [4.78, 5) is 16.3. The summed E-state index contributed by atoms with van der Waals surface area (Å²) in [6.45, 7) is 5.06. The van der Waals surface area contributed by atoms with Crippen molar-refractivity contribution in [3.05, 3.63) is 0 Å². The second-order valence-electron chi connectivity index (χ2n) is 5.65. The molecule has 1 saturated carbocycles. The van der Waals surface area contributed by atoms with Gasteiger partial charge in [-0.1, -0.05) is 0 Å². The van der Waals surface area contributed by atoms with Crippen molar-refractivity contribution in [3.63, 3.8) is 0 Å². The van der Waals surface area contributed by atoms with Crippen molar-refractivity contribution >= 4 is 5.78 Å². The molecule has 2 aliphatic rings. The van der Waals surface area contributed by atoms with E-state index in [9.17, 15) is 4.79 Å². The number of hydrogen-bond donors (Lipinski definition) is 0. The third-order valence-electron chi connectivity index (χ3n) is 4.32. The molecule has 3 nitrogen and oxygen atoms in total. The molecule has 2 rings (SSSR count). The molecule has 1 saturated heterocycles. The van der Waals surface area contributed by atoms with Crippen molar-refractivity contribution in [1.29, 1.82) is 0 Å². The number of hydrogen-bond acceptors (Lipinski definition) is 3. The van der Waals surface area contributed by atoms with E-state index in [-0.39, 0.29) is 0 Å². The van der Waals surface area contributed by atoms with Crippen molar-refractivity contribution in [3.8, 4) is 0 Å². The molecular formula is C14H26N2O. The van der Waals surface area contributed by atoms with Crippen LogP contribution in [0.2, 0.25) is 0 Å². The van der Waals surface area contributed by atoms with Crippen molar-refractivity contribution < 1.29 is 4.79 Å². The zero-order valence-corrected chi connectivity index (χ0v) is 11.2. The predicted molar refractivity (Wildman–Crippen MR) is 70.2 cm³/mol. The van der Waals surface area contributed by atoms with Crippen molar-refractivity contribution in [2.24, 2.45) is 0 Å². The Balaban J connectivity index is 1.59. The molecule has 0 radical (unpaired) electrons. The summed E-state index contributed by atoms with van der Waals surface area (Å²) in [7, 11) is 2.23. The molecule has 0 bridgehead atoms. The van der Waals surface area contributed by atoms with E-state index in [0.717, 1.165) is 25.7 Å². The fourth-order valence-electron chi connectivity index (χ4n) is 3.10. The van der Waals surface area contributed by atoms with Gasteiger partial charge >= 0.3 is 0 Å². The van der Waals surface area contributed by atoms with Crippen LogP contribution >= 0.6 is 0 Å². The van der Waals surface area contributed by atoms with Gasteiger partial charge in [0.1, 0.15) is 5.78 Å². The molecule has 0 aromatic rings. The van der Waals surface area contributed by atoms with Crippen LogP contribution in [0.5, 0.6) is 0 Å². The van der Waals surface area contributed by atoms with Gasteiger partial charge in [0.2, 0.25) is 0 Å². The van der Waals surface area contributed by atoms with Gasteiger partial charge in [-0.3, -0.25) is 4.79 Å². The summed E-state index contributed by atoms with van der Waals surface area (Å²) in [5.74, 6) is 0.465. The zero-order chi connectivity index (χ0) is 12.1. The van der Waals surface area contributed by atoms with Gasteiger partial charge in [-0.25, -0.2) is 0 Å². The highest BCUT2D eigenvalue weighted by atomic mass is 16.1. The number of carbonyl (C=O) groups excluding carboxylic acids is 1. The Kier molecular flexibility index (Phi) is 4.99. The molecule has 0 amide bonds. The average Bonchev–Trinajstić information content (AvgIpc) is 2.83. The van der Waals surface area contributed by atoms with E-state index >= 15 is 0 Å². The highest BCUT2D eigenvalue weighted by Gasteiger charge is 2.21. The Morgan fingerprint density at radius 2 is 1.88 bits per heavy atom. The van der Waals surface area contributed by atoms with Gasteiger partial charge in [0, 0.05) is 18.9 Å². The number of ketones is 1. The van der Waals surface area contributed by atoms with E-state index < -0.39 is 0 Å². The Labute approximate surface area is 105 Å². The smallest absolute Gasteiger partial charge is 0.133 e. The number of carbonyl (C=O) groups is 1. The summed E-state index contributed by atoms with van der Waals surface area (Å²) in [6.07, 6.45) is 7.84. The highest BCUT2D eigenvalue weighted by Crippen LogP contribution is 2.19. The standard InChI is InChI=1S/C14H26N2O/c1-15(13-5-7-14(17)8-6-13)9-4-12-16-10-2-3-11-16/h13H,2-12H2,1H3. The Hall–Kier alpha value is -0.410. The molecule has 98 valence electrons. The van der Waals surface area contributed by atoms with E-state index in [1.165, 1.54) is 45.4 Å². The molecule has 1 heterocycles. The third kappa shape index (κ3) is 4.07. The van der Waals surface area contributed by atoms with Crippen LogP contribution in [0.25, 0.3) is 0 Å². The SMILES string of the molecule is CN(CCCN1CCCC1)C1CCC(=O)CC1. The Morgan fingerprint density at radius 1 is 1.24 bits per heavy atom. The Bertz CT molecular complexity index is 239. The van der Waals surface area contributed by atoms with Crippen molar-refractivity contribution in [2.75, 3.05) is 33.2 Å². The second kappa shape index (κ2) is 6.50. The highest BCUT2D eigenvalue weighted by molar-refractivity contribution is 5.79. The van der Waals surface area contributed by atoms with Crippen LogP contribution in [0.1, 0.15) is 44.9 Å². The maximum absolute atomic E-state index is 11.2. The molecule has 17 heavy (non-hydrogen) atoms. The molecule has 1 aliphatic heterocycles. The average molecular weight is 238 g/mol. The van der Waals surface area contributed by atoms with E-state index in [2.05, 4.69) is 16.8 Å². The molecule has 0 aromatic carbocycles. The van der Waals surface area contributed by atoms with Gasteiger partial charge in [-0.15, -0.1) is 0 Å². The maximum Gasteiger partial charge on any atom is 0.133 e. The minimum atomic E-state index is 0.465.